The quantitative estimate of drug-likeness (QED) is 0.290. The van der Waals surface area contributed by atoms with Gasteiger partial charge in [-0.25, -0.2) is 0 Å². The van der Waals surface area contributed by atoms with E-state index in [-0.39, 0.29) is 11.7 Å². The predicted molar refractivity (Wildman–Crippen MR) is 83.4 cm³/mol. The molecule has 0 saturated heterocycles. The summed E-state index contributed by atoms with van der Waals surface area (Å²) in [7, 11) is 0. The van der Waals surface area contributed by atoms with Gasteiger partial charge in [0.05, 0.1) is 11.0 Å². The standard InChI is InChI=1S/C13H16IN3O2/c14-10-6-9(7-12(8-10)17(18)19)13(15)16-11-4-2-1-3-5-11/h6-8,11H,1-5H2,(H2,15,16). The second-order valence-corrected chi connectivity index (χ2v) is 6.01. The van der Waals surface area contributed by atoms with Crippen LogP contribution in [0.3, 0.4) is 0 Å². The molecule has 0 unspecified atom stereocenters. The normalized spacial score (nSPS) is 17.4. The van der Waals surface area contributed by atoms with Crippen molar-refractivity contribution in [2.75, 3.05) is 0 Å². The molecule has 0 aromatic heterocycles. The van der Waals surface area contributed by atoms with Crippen LogP contribution in [0.25, 0.3) is 0 Å². The van der Waals surface area contributed by atoms with Crippen molar-refractivity contribution in [1.82, 2.24) is 0 Å². The number of nitrogens with zero attached hydrogens (tertiary/aromatic N) is 2. The van der Waals surface area contributed by atoms with Gasteiger partial charge >= 0.3 is 0 Å². The van der Waals surface area contributed by atoms with Crippen LogP contribution in [-0.4, -0.2) is 16.8 Å². The molecule has 0 bridgehead atoms. The van der Waals surface area contributed by atoms with Gasteiger partial charge in [-0.3, -0.25) is 15.1 Å². The molecule has 1 aromatic rings. The zero-order valence-corrected chi connectivity index (χ0v) is 12.7. The third kappa shape index (κ3) is 3.89. The van der Waals surface area contributed by atoms with Gasteiger partial charge in [-0.15, -0.1) is 0 Å². The van der Waals surface area contributed by atoms with Gasteiger partial charge in [0.15, 0.2) is 0 Å². The number of nitrogens with two attached hydrogens (primary N) is 1. The van der Waals surface area contributed by atoms with Crippen LogP contribution in [0.1, 0.15) is 37.7 Å². The van der Waals surface area contributed by atoms with E-state index in [9.17, 15) is 10.1 Å². The monoisotopic (exact) mass is 373 g/mol. The van der Waals surface area contributed by atoms with Crippen molar-refractivity contribution >= 4 is 34.1 Å². The van der Waals surface area contributed by atoms with Crippen LogP contribution >= 0.6 is 22.6 Å². The number of hydrogen-bond donors (Lipinski definition) is 1. The maximum Gasteiger partial charge on any atom is 0.271 e. The Hall–Kier alpha value is -1.18. The molecule has 5 nitrogen and oxygen atoms in total. The fourth-order valence-corrected chi connectivity index (χ4v) is 2.96. The predicted octanol–water partition coefficient (Wildman–Crippen LogP) is 3.24. The molecular formula is C13H16IN3O2. The zero-order valence-electron chi connectivity index (χ0n) is 10.5. The number of aliphatic imine (C=N–C) groups is 1. The molecule has 0 spiro atoms. The third-order valence-corrected chi connectivity index (χ3v) is 3.91. The van der Waals surface area contributed by atoms with Crippen LogP contribution in [0.15, 0.2) is 23.2 Å². The van der Waals surface area contributed by atoms with Crippen molar-refractivity contribution < 1.29 is 4.92 Å². The molecule has 0 radical (unpaired) electrons. The number of amidine groups is 1. The summed E-state index contributed by atoms with van der Waals surface area (Å²) in [6, 6.07) is 5.11. The molecule has 6 heteroatoms. The average Bonchev–Trinajstić information content (AvgIpc) is 2.39. The number of halogens is 1. The Kier molecular flexibility index (Phi) is 4.73. The van der Waals surface area contributed by atoms with Crippen LogP contribution in [0.5, 0.6) is 0 Å². The summed E-state index contributed by atoms with van der Waals surface area (Å²) in [5, 5.41) is 10.8. The first kappa shape index (κ1) is 14.2. The second kappa shape index (κ2) is 6.31. The highest BCUT2D eigenvalue weighted by Gasteiger charge is 2.15. The third-order valence-electron chi connectivity index (χ3n) is 3.29. The lowest BCUT2D eigenvalue weighted by Gasteiger charge is -2.18. The van der Waals surface area contributed by atoms with Crippen LogP contribution in [0, 0.1) is 13.7 Å². The summed E-state index contributed by atoms with van der Waals surface area (Å²) in [6.07, 6.45) is 5.77. The first-order valence-electron chi connectivity index (χ1n) is 6.35. The molecule has 19 heavy (non-hydrogen) atoms. The number of rotatable bonds is 3. The highest BCUT2D eigenvalue weighted by molar-refractivity contribution is 14.1. The summed E-state index contributed by atoms with van der Waals surface area (Å²) in [5.74, 6) is 0.411. The van der Waals surface area contributed by atoms with Crippen molar-refractivity contribution in [2.45, 2.75) is 38.1 Å². The first-order valence-corrected chi connectivity index (χ1v) is 7.43. The minimum atomic E-state index is -0.403. The second-order valence-electron chi connectivity index (χ2n) is 4.76. The van der Waals surface area contributed by atoms with Crippen LogP contribution in [-0.2, 0) is 0 Å². The van der Waals surface area contributed by atoms with E-state index in [1.54, 1.807) is 0 Å². The Labute approximate surface area is 125 Å². The lowest BCUT2D eigenvalue weighted by molar-refractivity contribution is -0.385. The fourth-order valence-electron chi connectivity index (χ4n) is 2.31. The molecule has 2 rings (SSSR count). The zero-order chi connectivity index (χ0) is 13.8. The van der Waals surface area contributed by atoms with Crippen molar-refractivity contribution in [3.8, 4) is 0 Å². The molecule has 0 amide bonds. The molecule has 1 aromatic carbocycles. The van der Waals surface area contributed by atoms with Gasteiger partial charge in [0.2, 0.25) is 0 Å². The van der Waals surface area contributed by atoms with Gasteiger partial charge in [0, 0.05) is 21.3 Å². The number of nitro groups is 1. The van der Waals surface area contributed by atoms with Crippen molar-refractivity contribution in [3.63, 3.8) is 0 Å². The summed E-state index contributed by atoms with van der Waals surface area (Å²) in [5.41, 5.74) is 6.69. The van der Waals surface area contributed by atoms with E-state index in [0.29, 0.717) is 11.4 Å². The maximum atomic E-state index is 10.8. The van der Waals surface area contributed by atoms with Gasteiger partial charge in [-0.05, 0) is 41.5 Å². The molecule has 102 valence electrons. The number of hydrogen-bond acceptors (Lipinski definition) is 3. The van der Waals surface area contributed by atoms with E-state index in [1.807, 2.05) is 6.07 Å². The molecule has 1 fully saturated rings. The Morgan fingerprint density at radius 3 is 2.63 bits per heavy atom. The largest absolute Gasteiger partial charge is 0.383 e. The highest BCUT2D eigenvalue weighted by atomic mass is 127. The summed E-state index contributed by atoms with van der Waals surface area (Å²) >= 11 is 2.05. The Morgan fingerprint density at radius 2 is 2.00 bits per heavy atom. The Morgan fingerprint density at radius 1 is 1.32 bits per heavy atom. The topological polar surface area (TPSA) is 81.5 Å². The molecule has 1 saturated carbocycles. The highest BCUT2D eigenvalue weighted by Crippen LogP contribution is 2.22. The van der Waals surface area contributed by atoms with Crippen LogP contribution in [0.4, 0.5) is 5.69 Å². The molecule has 1 aliphatic rings. The van der Waals surface area contributed by atoms with Gasteiger partial charge < -0.3 is 5.73 Å². The van der Waals surface area contributed by atoms with E-state index in [4.69, 9.17) is 5.73 Å². The van der Waals surface area contributed by atoms with Crippen molar-refractivity contribution in [2.24, 2.45) is 10.7 Å². The molecule has 0 heterocycles. The van der Waals surface area contributed by atoms with Crippen LogP contribution in [0.2, 0.25) is 0 Å². The minimum absolute atomic E-state index is 0.0590. The fraction of sp³-hybridized carbons (Fsp3) is 0.462. The minimum Gasteiger partial charge on any atom is -0.383 e. The molecule has 0 aliphatic heterocycles. The van der Waals surface area contributed by atoms with Crippen LogP contribution < -0.4 is 5.73 Å². The number of nitro benzene ring substituents is 1. The van der Waals surface area contributed by atoms with Gasteiger partial charge in [-0.2, -0.15) is 0 Å². The summed E-state index contributed by atoms with van der Waals surface area (Å²) in [4.78, 5) is 15.0. The van der Waals surface area contributed by atoms with E-state index in [2.05, 4.69) is 27.6 Å². The Bertz CT molecular complexity index is 511. The molecule has 2 N–H and O–H groups in total. The maximum absolute atomic E-state index is 10.8. The lowest BCUT2D eigenvalue weighted by atomic mass is 9.96. The molecule has 0 atom stereocenters. The van der Waals surface area contributed by atoms with E-state index >= 15 is 0 Å². The average molecular weight is 373 g/mol. The Balaban J connectivity index is 2.24. The van der Waals surface area contributed by atoms with Gasteiger partial charge in [0.25, 0.3) is 5.69 Å². The van der Waals surface area contributed by atoms with E-state index < -0.39 is 4.92 Å². The summed E-state index contributed by atoms with van der Waals surface area (Å²) < 4.78 is 0.795. The van der Waals surface area contributed by atoms with Gasteiger partial charge in [0.1, 0.15) is 5.84 Å². The smallest absolute Gasteiger partial charge is 0.271 e. The molecular weight excluding hydrogens is 357 g/mol. The number of benzene rings is 1. The summed E-state index contributed by atoms with van der Waals surface area (Å²) in [6.45, 7) is 0. The molecule has 1 aliphatic carbocycles. The van der Waals surface area contributed by atoms with Crippen molar-refractivity contribution in [3.05, 3.63) is 37.4 Å². The van der Waals surface area contributed by atoms with E-state index in [0.717, 1.165) is 16.4 Å². The van der Waals surface area contributed by atoms with Crippen molar-refractivity contribution in [1.29, 1.82) is 0 Å². The lowest BCUT2D eigenvalue weighted by Crippen LogP contribution is -2.20. The number of non-ortho nitro benzene ring substituents is 1. The first-order chi connectivity index (χ1) is 9.06. The van der Waals surface area contributed by atoms with Gasteiger partial charge in [-0.1, -0.05) is 19.3 Å². The SMILES string of the molecule is NC(=NC1CCCCC1)c1cc(I)cc([N+](=O)[O-])c1. The van der Waals surface area contributed by atoms with E-state index in [1.165, 1.54) is 31.4 Å².